The van der Waals surface area contributed by atoms with Crippen LogP contribution in [0.3, 0.4) is 0 Å². The zero-order valence-corrected chi connectivity index (χ0v) is 16.7. The smallest absolute Gasteiger partial charge is 0.256 e. The van der Waals surface area contributed by atoms with Crippen LogP contribution in [0.2, 0.25) is 0 Å². The molecule has 3 aromatic rings. The molecule has 2 heterocycles. The molecule has 158 valence electrons. The number of benzene rings is 1. The minimum absolute atomic E-state index is 0.00242. The highest BCUT2D eigenvalue weighted by atomic mass is 19.3. The summed E-state index contributed by atoms with van der Waals surface area (Å²) in [6, 6.07) is 6.90. The second kappa shape index (κ2) is 8.22. The topological polar surface area (TPSA) is 81.7 Å². The number of alkyl halides is 2. The molecule has 0 amide bonds. The Hall–Kier alpha value is -3.67. The molecular weight excluding hydrogens is 405 g/mol. The Labute approximate surface area is 176 Å². The van der Waals surface area contributed by atoms with E-state index in [-0.39, 0.29) is 22.7 Å². The molecule has 1 aliphatic rings. The Morgan fingerprint density at radius 1 is 1.29 bits per heavy atom. The summed E-state index contributed by atoms with van der Waals surface area (Å²) < 4.78 is 42.4. The van der Waals surface area contributed by atoms with Gasteiger partial charge in [-0.15, -0.1) is 0 Å². The predicted octanol–water partition coefficient (Wildman–Crippen LogP) is 4.06. The van der Waals surface area contributed by atoms with E-state index in [4.69, 9.17) is 10.8 Å². The van der Waals surface area contributed by atoms with Gasteiger partial charge in [0, 0.05) is 23.2 Å². The van der Waals surface area contributed by atoms with Gasteiger partial charge in [0.05, 0.1) is 12.1 Å². The SMILES string of the molecule is CC(=N)n1c(=N)nc(N(CC(F)F)c2ccnc(C#CC3CC3)c2)c2cc(F)ccc21. The van der Waals surface area contributed by atoms with Crippen molar-refractivity contribution in [3.63, 3.8) is 0 Å². The number of hydrogen-bond donors (Lipinski definition) is 2. The number of halogens is 3. The fourth-order valence-electron chi connectivity index (χ4n) is 3.26. The highest BCUT2D eigenvalue weighted by Crippen LogP contribution is 2.31. The Bertz CT molecular complexity index is 1280. The van der Waals surface area contributed by atoms with Crippen LogP contribution < -0.4 is 10.5 Å². The molecular formula is C22H19F3N6. The van der Waals surface area contributed by atoms with Gasteiger partial charge in [0.1, 0.15) is 23.2 Å². The molecule has 0 bridgehead atoms. The standard InChI is InChI=1S/C22H19F3N6/c1-13(26)31-19-7-5-15(23)10-18(19)21(29-22(31)27)30(12-20(24)25)17-8-9-28-16(11-17)6-4-14-2-3-14/h5,7-11,14,20,26-27H,2-3,12H2,1H3. The van der Waals surface area contributed by atoms with Crippen molar-refractivity contribution in [3.8, 4) is 11.8 Å². The van der Waals surface area contributed by atoms with Gasteiger partial charge in [-0.25, -0.2) is 18.2 Å². The Kier molecular flexibility index (Phi) is 5.46. The molecule has 0 aliphatic heterocycles. The number of nitrogens with zero attached hydrogens (tertiary/aromatic N) is 4. The lowest BCUT2D eigenvalue weighted by Crippen LogP contribution is -2.32. The maximum absolute atomic E-state index is 14.1. The number of aromatic nitrogens is 3. The van der Waals surface area contributed by atoms with Gasteiger partial charge in [0.2, 0.25) is 5.62 Å². The largest absolute Gasteiger partial charge is 0.320 e. The first-order chi connectivity index (χ1) is 14.8. The molecule has 1 saturated carbocycles. The van der Waals surface area contributed by atoms with E-state index >= 15 is 0 Å². The molecule has 4 rings (SSSR count). The van der Waals surface area contributed by atoms with Crippen LogP contribution >= 0.6 is 0 Å². The van der Waals surface area contributed by atoms with Crippen LogP contribution in [-0.2, 0) is 0 Å². The monoisotopic (exact) mass is 424 g/mol. The van der Waals surface area contributed by atoms with Crippen LogP contribution in [0.15, 0.2) is 36.5 Å². The third-order valence-corrected chi connectivity index (χ3v) is 4.81. The van der Waals surface area contributed by atoms with Crippen LogP contribution in [-0.4, -0.2) is 33.3 Å². The van der Waals surface area contributed by atoms with Crippen molar-refractivity contribution in [1.82, 2.24) is 14.5 Å². The quantitative estimate of drug-likeness (QED) is 0.377. The number of hydrogen-bond acceptors (Lipinski definition) is 5. The summed E-state index contributed by atoms with van der Waals surface area (Å²) in [6.45, 7) is 0.748. The molecule has 31 heavy (non-hydrogen) atoms. The van der Waals surface area contributed by atoms with Crippen molar-refractivity contribution < 1.29 is 13.2 Å². The Balaban J connectivity index is 1.91. The molecule has 9 heteroatoms. The lowest BCUT2D eigenvalue weighted by molar-refractivity contribution is 0.158. The van der Waals surface area contributed by atoms with Crippen LogP contribution in [0.4, 0.5) is 24.7 Å². The molecule has 2 aromatic heterocycles. The lowest BCUT2D eigenvalue weighted by Gasteiger charge is -2.25. The number of anilines is 2. The van der Waals surface area contributed by atoms with E-state index in [1.807, 2.05) is 0 Å². The first kappa shape index (κ1) is 20.6. The second-order valence-corrected chi connectivity index (χ2v) is 7.29. The number of pyridine rings is 1. The molecule has 0 radical (unpaired) electrons. The van der Waals surface area contributed by atoms with E-state index in [2.05, 4.69) is 21.8 Å². The van der Waals surface area contributed by atoms with Crippen molar-refractivity contribution in [2.45, 2.75) is 26.2 Å². The Morgan fingerprint density at radius 2 is 2.06 bits per heavy atom. The van der Waals surface area contributed by atoms with Gasteiger partial charge in [0.15, 0.2) is 0 Å². The third kappa shape index (κ3) is 4.43. The van der Waals surface area contributed by atoms with Gasteiger partial charge in [0.25, 0.3) is 6.43 Å². The Morgan fingerprint density at radius 3 is 2.74 bits per heavy atom. The molecule has 0 unspecified atom stereocenters. The van der Waals surface area contributed by atoms with E-state index in [0.717, 1.165) is 12.8 Å². The number of rotatable bonds is 4. The predicted molar refractivity (Wildman–Crippen MR) is 111 cm³/mol. The van der Waals surface area contributed by atoms with Gasteiger partial charge >= 0.3 is 0 Å². The normalized spacial score (nSPS) is 13.2. The summed E-state index contributed by atoms with van der Waals surface area (Å²) >= 11 is 0. The van der Waals surface area contributed by atoms with Crippen molar-refractivity contribution in [1.29, 1.82) is 10.8 Å². The zero-order valence-electron chi connectivity index (χ0n) is 16.7. The van der Waals surface area contributed by atoms with E-state index in [1.165, 1.54) is 40.8 Å². The maximum atomic E-state index is 14.1. The highest BCUT2D eigenvalue weighted by Gasteiger charge is 2.22. The van der Waals surface area contributed by atoms with Gasteiger partial charge in [-0.1, -0.05) is 5.92 Å². The fourth-order valence-corrected chi connectivity index (χ4v) is 3.26. The molecule has 1 aliphatic carbocycles. The van der Waals surface area contributed by atoms with Crippen molar-refractivity contribution in [2.24, 2.45) is 5.92 Å². The summed E-state index contributed by atoms with van der Waals surface area (Å²) in [6.07, 6.45) is 0.855. The summed E-state index contributed by atoms with van der Waals surface area (Å²) in [5.41, 5.74) is 0.804. The molecule has 2 N–H and O–H groups in total. The minimum Gasteiger partial charge on any atom is -0.320 e. The second-order valence-electron chi connectivity index (χ2n) is 7.29. The van der Waals surface area contributed by atoms with Gasteiger partial charge in [-0.3, -0.25) is 15.4 Å². The summed E-state index contributed by atoms with van der Waals surface area (Å²) in [4.78, 5) is 9.59. The molecule has 1 aromatic carbocycles. The molecule has 1 fully saturated rings. The van der Waals surface area contributed by atoms with Crippen LogP contribution in [0.25, 0.3) is 10.9 Å². The summed E-state index contributed by atoms with van der Waals surface area (Å²) in [7, 11) is 0. The van der Waals surface area contributed by atoms with E-state index in [0.29, 0.717) is 22.8 Å². The number of nitrogens with one attached hydrogen (secondary N) is 2. The summed E-state index contributed by atoms with van der Waals surface area (Å²) in [5, 5.41) is 16.4. The first-order valence-corrected chi connectivity index (χ1v) is 9.69. The van der Waals surface area contributed by atoms with Gasteiger partial charge < -0.3 is 4.90 Å². The van der Waals surface area contributed by atoms with E-state index in [1.54, 1.807) is 12.1 Å². The van der Waals surface area contributed by atoms with Crippen LogP contribution in [0.5, 0.6) is 0 Å². The first-order valence-electron chi connectivity index (χ1n) is 9.69. The van der Waals surface area contributed by atoms with Crippen LogP contribution in [0.1, 0.15) is 25.5 Å². The maximum Gasteiger partial charge on any atom is 0.256 e. The average Bonchev–Trinajstić information content (AvgIpc) is 3.54. The molecule has 0 spiro atoms. The van der Waals surface area contributed by atoms with Crippen molar-refractivity contribution in [3.05, 3.63) is 53.7 Å². The highest BCUT2D eigenvalue weighted by molar-refractivity contribution is 5.97. The third-order valence-electron chi connectivity index (χ3n) is 4.81. The molecule has 6 nitrogen and oxygen atoms in total. The minimum atomic E-state index is -2.72. The molecule has 0 saturated heterocycles. The number of fused-ring (bicyclic) bond motifs is 1. The van der Waals surface area contributed by atoms with Crippen molar-refractivity contribution >= 4 is 28.2 Å². The van der Waals surface area contributed by atoms with Crippen molar-refractivity contribution in [2.75, 3.05) is 11.4 Å². The van der Waals surface area contributed by atoms with E-state index < -0.39 is 18.8 Å². The fraction of sp³-hybridized carbons (Fsp3) is 0.273. The van der Waals surface area contributed by atoms with Gasteiger partial charge in [-0.05, 0) is 56.0 Å². The van der Waals surface area contributed by atoms with Gasteiger partial charge in [-0.2, -0.15) is 4.98 Å². The zero-order chi connectivity index (χ0) is 22.1. The van der Waals surface area contributed by atoms with Crippen LogP contribution in [0, 0.1) is 34.4 Å². The average molecular weight is 424 g/mol. The lowest BCUT2D eigenvalue weighted by atomic mass is 10.2. The molecule has 0 atom stereocenters. The van der Waals surface area contributed by atoms with E-state index in [9.17, 15) is 13.2 Å². The summed E-state index contributed by atoms with van der Waals surface area (Å²) in [5.74, 6) is 5.83.